The summed E-state index contributed by atoms with van der Waals surface area (Å²) in [6.45, 7) is 4.35. The van der Waals surface area contributed by atoms with E-state index in [9.17, 15) is 22.9 Å². The highest BCUT2D eigenvalue weighted by Crippen LogP contribution is 2.12. The molecule has 7 heteroatoms. The first-order chi connectivity index (χ1) is 20.3. The maximum absolute atomic E-state index is 12.3. The van der Waals surface area contributed by atoms with E-state index in [4.69, 9.17) is 0 Å². The zero-order chi connectivity index (χ0) is 31.2. The van der Waals surface area contributed by atoms with Gasteiger partial charge in [0.05, 0.1) is 17.9 Å². The van der Waals surface area contributed by atoms with Crippen molar-refractivity contribution < 1.29 is 22.9 Å². The summed E-state index contributed by atoms with van der Waals surface area (Å²) in [6, 6.07) is -1.11. The Bertz CT molecular complexity index is 931. The molecule has 0 aliphatic heterocycles. The molecule has 0 aliphatic rings. The largest absolute Gasteiger partial charge is 0.387 e. The summed E-state index contributed by atoms with van der Waals surface area (Å²) in [5.41, 5.74) is 0. The molecule has 0 radical (unpaired) electrons. The highest BCUT2D eigenvalue weighted by Gasteiger charge is 2.24. The summed E-state index contributed by atoms with van der Waals surface area (Å²) in [5, 5.41) is 13.0. The number of hydrogen-bond donors (Lipinski definition) is 3. The van der Waals surface area contributed by atoms with E-state index in [0.29, 0.717) is 6.42 Å². The van der Waals surface area contributed by atoms with Gasteiger partial charge >= 0.3 is 0 Å². The van der Waals surface area contributed by atoms with Crippen LogP contribution in [-0.2, 0) is 14.9 Å². The SMILES string of the molecule is CC/C=C\C/C=C\C/C=C\C/C=C\C/C=C\CC(=O)NC(CS(=O)(=O)O)C(O)/C=C/CCCCCCCCCCCC. The van der Waals surface area contributed by atoms with E-state index < -0.39 is 33.9 Å². The van der Waals surface area contributed by atoms with E-state index in [1.165, 1.54) is 57.4 Å². The predicted molar refractivity (Wildman–Crippen MR) is 179 cm³/mol. The lowest BCUT2D eigenvalue weighted by molar-refractivity contribution is -0.121. The normalized spacial score (nSPS) is 14.5. The van der Waals surface area contributed by atoms with E-state index in [1.807, 2.05) is 18.2 Å². The standard InChI is InChI=1S/C35H59NO5S/c1-3-5-7-9-11-13-15-17-18-19-21-23-25-27-29-31-35(38)36-33(32-42(39,40)41)34(37)30-28-26-24-22-20-16-14-12-10-8-6-4-2/h5,7,11,13,17-18,21,23,27-30,33-34,37H,3-4,6,8-10,12,14-16,19-20,22,24-26,31-32H2,1-2H3,(H,36,38)(H,39,40,41)/b7-5-,13-11-,18-17-,23-21-,29-27-,30-28+. The maximum Gasteiger partial charge on any atom is 0.267 e. The summed E-state index contributed by atoms with van der Waals surface area (Å²) in [4.78, 5) is 12.3. The Labute approximate surface area is 257 Å². The number of carbonyl (C=O) groups is 1. The second kappa shape index (κ2) is 28.9. The zero-order valence-electron chi connectivity index (χ0n) is 26.3. The molecule has 0 heterocycles. The molecular formula is C35H59NO5S. The number of hydrogen-bond acceptors (Lipinski definition) is 4. The lowest BCUT2D eigenvalue weighted by Crippen LogP contribution is -2.46. The second-order valence-corrected chi connectivity index (χ2v) is 12.2. The summed E-state index contributed by atoms with van der Waals surface area (Å²) in [6.07, 6.45) is 40.5. The minimum atomic E-state index is -4.37. The molecule has 3 N–H and O–H groups in total. The molecule has 0 fully saturated rings. The number of rotatable bonds is 27. The van der Waals surface area contributed by atoms with Gasteiger partial charge in [0.2, 0.25) is 5.91 Å². The van der Waals surface area contributed by atoms with Gasteiger partial charge in [0.15, 0.2) is 0 Å². The molecule has 0 bridgehead atoms. The van der Waals surface area contributed by atoms with Crippen molar-refractivity contribution in [1.82, 2.24) is 5.32 Å². The summed E-state index contributed by atoms with van der Waals surface area (Å²) >= 11 is 0. The van der Waals surface area contributed by atoms with E-state index >= 15 is 0 Å². The highest BCUT2D eigenvalue weighted by atomic mass is 32.2. The van der Waals surface area contributed by atoms with Gasteiger partial charge in [-0.15, -0.1) is 0 Å². The van der Waals surface area contributed by atoms with Crippen molar-refractivity contribution in [2.24, 2.45) is 0 Å². The van der Waals surface area contributed by atoms with Crippen LogP contribution >= 0.6 is 0 Å². The monoisotopic (exact) mass is 605 g/mol. The first-order valence-corrected chi connectivity index (χ1v) is 17.7. The van der Waals surface area contributed by atoms with Crippen LogP contribution in [0, 0.1) is 0 Å². The third-order valence-electron chi connectivity index (χ3n) is 6.67. The van der Waals surface area contributed by atoms with Crippen LogP contribution in [0.3, 0.4) is 0 Å². The van der Waals surface area contributed by atoms with Crippen molar-refractivity contribution in [2.75, 3.05) is 5.75 Å². The fraction of sp³-hybridized carbons (Fsp3) is 0.629. The number of carbonyl (C=O) groups excluding carboxylic acids is 1. The van der Waals surface area contributed by atoms with Gasteiger partial charge in [0.25, 0.3) is 10.1 Å². The minimum absolute atomic E-state index is 0.0601. The Morgan fingerprint density at radius 3 is 1.60 bits per heavy atom. The van der Waals surface area contributed by atoms with E-state index in [0.717, 1.165) is 44.9 Å². The molecule has 0 spiro atoms. The predicted octanol–water partition coefficient (Wildman–Crippen LogP) is 8.73. The second-order valence-electron chi connectivity index (χ2n) is 10.7. The van der Waals surface area contributed by atoms with E-state index in [2.05, 4.69) is 61.7 Å². The van der Waals surface area contributed by atoms with Crippen LogP contribution in [-0.4, -0.2) is 41.9 Å². The van der Waals surface area contributed by atoms with Gasteiger partial charge in [-0.1, -0.05) is 145 Å². The molecule has 2 atom stereocenters. The Hall–Kier alpha value is -2.22. The fourth-order valence-electron chi connectivity index (χ4n) is 4.28. The van der Waals surface area contributed by atoms with Crippen molar-refractivity contribution in [2.45, 2.75) is 135 Å². The van der Waals surface area contributed by atoms with Crippen LogP contribution in [0.4, 0.5) is 0 Å². The third kappa shape index (κ3) is 29.3. The Morgan fingerprint density at radius 1 is 0.667 bits per heavy atom. The van der Waals surface area contributed by atoms with Crippen LogP contribution in [0.1, 0.15) is 123 Å². The maximum atomic E-state index is 12.3. The highest BCUT2D eigenvalue weighted by molar-refractivity contribution is 7.85. The molecule has 0 aromatic carbocycles. The van der Waals surface area contributed by atoms with Crippen molar-refractivity contribution >= 4 is 16.0 Å². The van der Waals surface area contributed by atoms with Crippen molar-refractivity contribution in [3.05, 3.63) is 72.9 Å². The van der Waals surface area contributed by atoms with Gasteiger partial charge in [0, 0.05) is 6.42 Å². The smallest absolute Gasteiger partial charge is 0.267 e. The summed E-state index contributed by atoms with van der Waals surface area (Å²) < 4.78 is 32.2. The zero-order valence-corrected chi connectivity index (χ0v) is 27.2. The van der Waals surface area contributed by atoms with Crippen LogP contribution in [0.5, 0.6) is 0 Å². The summed E-state index contributed by atoms with van der Waals surface area (Å²) in [7, 11) is -4.37. The molecular weight excluding hydrogens is 546 g/mol. The molecule has 1 amide bonds. The van der Waals surface area contributed by atoms with Crippen molar-refractivity contribution in [3.63, 3.8) is 0 Å². The molecule has 0 aromatic heterocycles. The third-order valence-corrected chi connectivity index (χ3v) is 7.45. The number of aliphatic hydroxyl groups excluding tert-OH is 1. The minimum Gasteiger partial charge on any atom is -0.387 e. The van der Waals surface area contributed by atoms with Crippen LogP contribution in [0.15, 0.2) is 72.9 Å². The average Bonchev–Trinajstić information content (AvgIpc) is 2.94. The lowest BCUT2D eigenvalue weighted by Gasteiger charge is -2.20. The van der Waals surface area contributed by atoms with Crippen LogP contribution < -0.4 is 5.32 Å². The van der Waals surface area contributed by atoms with Crippen LogP contribution in [0.25, 0.3) is 0 Å². The van der Waals surface area contributed by atoms with Gasteiger partial charge in [0.1, 0.15) is 0 Å². The van der Waals surface area contributed by atoms with Gasteiger partial charge in [-0.3, -0.25) is 9.35 Å². The van der Waals surface area contributed by atoms with Crippen molar-refractivity contribution in [3.8, 4) is 0 Å². The molecule has 240 valence electrons. The quantitative estimate of drug-likeness (QED) is 0.0493. The van der Waals surface area contributed by atoms with Crippen LogP contribution in [0.2, 0.25) is 0 Å². The number of allylic oxidation sites excluding steroid dienone is 10. The van der Waals surface area contributed by atoms with Gasteiger partial charge in [-0.2, -0.15) is 8.42 Å². The number of aliphatic hydroxyl groups is 1. The Kier molecular flexibility index (Phi) is 27.4. The van der Waals surface area contributed by atoms with E-state index in [1.54, 1.807) is 6.08 Å². The average molecular weight is 606 g/mol. The number of amides is 1. The number of unbranched alkanes of at least 4 members (excludes halogenated alkanes) is 10. The Morgan fingerprint density at radius 2 is 1.12 bits per heavy atom. The number of nitrogens with one attached hydrogen (secondary N) is 1. The van der Waals surface area contributed by atoms with Gasteiger partial charge < -0.3 is 10.4 Å². The van der Waals surface area contributed by atoms with E-state index in [-0.39, 0.29) is 6.42 Å². The first-order valence-electron chi connectivity index (χ1n) is 16.1. The van der Waals surface area contributed by atoms with Gasteiger partial charge in [-0.25, -0.2) is 0 Å². The first kappa shape index (κ1) is 39.8. The molecule has 0 aromatic rings. The topological polar surface area (TPSA) is 104 Å². The molecule has 0 saturated heterocycles. The van der Waals surface area contributed by atoms with Crippen molar-refractivity contribution in [1.29, 1.82) is 0 Å². The fourth-order valence-corrected chi connectivity index (χ4v) is 5.01. The molecule has 0 aliphatic carbocycles. The van der Waals surface area contributed by atoms with Gasteiger partial charge in [-0.05, 0) is 44.9 Å². The summed E-state index contributed by atoms with van der Waals surface area (Å²) in [5.74, 6) is -1.15. The molecule has 2 unspecified atom stereocenters. The molecule has 0 saturated carbocycles. The molecule has 42 heavy (non-hydrogen) atoms. The lowest BCUT2D eigenvalue weighted by atomic mass is 10.1. The molecule has 6 nitrogen and oxygen atoms in total. The molecule has 0 rings (SSSR count). The Balaban J connectivity index is 4.27.